The second kappa shape index (κ2) is 47.0. The Kier molecular flexibility index (Phi) is 44.5. The van der Waals surface area contributed by atoms with Crippen LogP contribution in [0.5, 0.6) is 0 Å². The van der Waals surface area contributed by atoms with E-state index < -0.39 is 11.9 Å². The Labute approximate surface area is 386 Å². The molecule has 65 heavy (non-hydrogen) atoms. The Morgan fingerprint density at radius 1 is 0.385 bits per heavy atom. The van der Waals surface area contributed by atoms with Crippen molar-refractivity contribution < 1.29 is 76.9 Å². The van der Waals surface area contributed by atoms with Gasteiger partial charge in [-0.05, 0) is 32.1 Å². The number of hydrogen-bond acceptors (Lipinski definition) is 14. The van der Waals surface area contributed by atoms with Crippen molar-refractivity contribution in [2.75, 3.05) is 125 Å². The molecular formula is C45H84N4O16. The molecule has 0 aliphatic heterocycles. The molecule has 0 aromatic carbocycles. The Morgan fingerprint density at radius 2 is 0.723 bits per heavy atom. The predicted molar refractivity (Wildman–Crippen MR) is 241 cm³/mol. The van der Waals surface area contributed by atoms with E-state index >= 15 is 0 Å². The van der Waals surface area contributed by atoms with E-state index in [1.165, 1.54) is 0 Å². The Morgan fingerprint density at radius 3 is 1.15 bits per heavy atom. The fourth-order valence-electron chi connectivity index (χ4n) is 5.97. The summed E-state index contributed by atoms with van der Waals surface area (Å²) in [6, 6.07) is 0. The molecule has 380 valence electrons. The van der Waals surface area contributed by atoms with Crippen molar-refractivity contribution in [3.05, 3.63) is 0 Å². The first-order chi connectivity index (χ1) is 31.5. The number of carbonyl (C=O) groups excluding carboxylic acids is 4. The second-order valence-electron chi connectivity index (χ2n) is 15.4. The number of nitrogens with one attached hydrogen (secondary N) is 4. The van der Waals surface area contributed by atoms with Gasteiger partial charge < -0.3 is 69.4 Å². The van der Waals surface area contributed by atoms with Gasteiger partial charge in [0.25, 0.3) is 0 Å². The highest BCUT2D eigenvalue weighted by atomic mass is 16.6. The van der Waals surface area contributed by atoms with Crippen LogP contribution in [0, 0.1) is 5.92 Å². The zero-order chi connectivity index (χ0) is 47.9. The van der Waals surface area contributed by atoms with Gasteiger partial charge in [-0.3, -0.25) is 28.8 Å². The van der Waals surface area contributed by atoms with E-state index in [2.05, 4.69) is 21.3 Å². The van der Waals surface area contributed by atoms with Crippen LogP contribution < -0.4 is 21.3 Å². The van der Waals surface area contributed by atoms with Crippen molar-refractivity contribution >= 4 is 35.6 Å². The molecule has 2 atom stereocenters. The number of amides is 4. The molecule has 0 heterocycles. The Hall–Kier alpha value is -3.50. The maximum absolute atomic E-state index is 12.3. The van der Waals surface area contributed by atoms with Crippen molar-refractivity contribution in [2.24, 2.45) is 5.92 Å². The Balaban J connectivity index is 3.61. The summed E-state index contributed by atoms with van der Waals surface area (Å²) in [7, 11) is 0. The van der Waals surface area contributed by atoms with E-state index in [1.54, 1.807) is 0 Å². The molecule has 0 saturated carbocycles. The van der Waals surface area contributed by atoms with Gasteiger partial charge in [0.15, 0.2) is 0 Å². The van der Waals surface area contributed by atoms with E-state index in [4.69, 9.17) is 48.1 Å². The quantitative estimate of drug-likeness (QED) is 0.0479. The van der Waals surface area contributed by atoms with E-state index in [0.717, 1.165) is 64.2 Å². The van der Waals surface area contributed by atoms with Crippen molar-refractivity contribution in [3.63, 3.8) is 0 Å². The normalized spacial score (nSPS) is 12.1. The standard InChI is InChI=1S/C45H84N4O16/c1-3-39(65-26-16-43(53)47-20-12-8-6-10-14-41(51)49-22-28-61-32-36-63-34-30-59-25-18-45(56)57)38(2)37-64-23-15-42(52)46-19-11-7-4-5-9-13-40(50)48-21-27-60-31-35-62-33-29-58-24-17-44(54)55/h38-39H,3-37H2,1-2H3,(H,46,52)(H,47,53)(H,48,50)(H,49,51)(H,54,55)(H,56,57)/t38-,39?/m1/s1. The fourth-order valence-corrected chi connectivity index (χ4v) is 5.97. The summed E-state index contributed by atoms with van der Waals surface area (Å²) in [5, 5.41) is 28.6. The predicted octanol–water partition coefficient (Wildman–Crippen LogP) is 3.02. The first-order valence-electron chi connectivity index (χ1n) is 23.7. The number of rotatable bonds is 50. The van der Waals surface area contributed by atoms with Crippen molar-refractivity contribution in [1.82, 2.24) is 21.3 Å². The zero-order valence-electron chi connectivity index (χ0n) is 39.5. The monoisotopic (exact) mass is 937 g/mol. The molecule has 0 aromatic heterocycles. The molecular weight excluding hydrogens is 853 g/mol. The van der Waals surface area contributed by atoms with Gasteiger partial charge in [0.2, 0.25) is 23.6 Å². The molecule has 0 aliphatic carbocycles. The number of hydrogen-bond donors (Lipinski definition) is 6. The summed E-state index contributed by atoms with van der Waals surface area (Å²) in [6.45, 7) is 11.3. The number of carbonyl (C=O) groups is 6. The molecule has 0 aromatic rings. The number of carboxylic acids is 2. The maximum atomic E-state index is 12.3. The summed E-state index contributed by atoms with van der Waals surface area (Å²) in [4.78, 5) is 69.3. The lowest BCUT2D eigenvalue weighted by Gasteiger charge is -2.23. The number of unbranched alkanes of at least 4 members (excludes halogenated alkanes) is 7. The van der Waals surface area contributed by atoms with Crippen LogP contribution in [-0.2, 0) is 66.7 Å². The van der Waals surface area contributed by atoms with Crippen molar-refractivity contribution in [2.45, 2.75) is 123 Å². The highest BCUT2D eigenvalue weighted by Crippen LogP contribution is 2.13. The minimum Gasteiger partial charge on any atom is -0.481 e. The van der Waals surface area contributed by atoms with Crippen molar-refractivity contribution in [1.29, 1.82) is 0 Å². The van der Waals surface area contributed by atoms with Gasteiger partial charge in [0.1, 0.15) is 0 Å². The van der Waals surface area contributed by atoms with Gasteiger partial charge >= 0.3 is 11.9 Å². The van der Waals surface area contributed by atoms with Crippen LogP contribution in [0.25, 0.3) is 0 Å². The third-order valence-corrected chi connectivity index (χ3v) is 9.65. The summed E-state index contributed by atoms with van der Waals surface area (Å²) >= 11 is 0. The van der Waals surface area contributed by atoms with Crippen LogP contribution in [0.3, 0.4) is 0 Å². The van der Waals surface area contributed by atoms with E-state index in [-0.39, 0.29) is 74.5 Å². The Bertz CT molecular complexity index is 1200. The van der Waals surface area contributed by atoms with Crippen LogP contribution >= 0.6 is 0 Å². The molecule has 0 fully saturated rings. The molecule has 6 N–H and O–H groups in total. The maximum Gasteiger partial charge on any atom is 0.305 e. The minimum absolute atomic E-state index is 0.000936. The summed E-state index contributed by atoms with van der Waals surface area (Å²) < 4.78 is 43.5. The number of carboxylic acid groups (broad SMARTS) is 2. The van der Waals surface area contributed by atoms with Gasteiger partial charge in [-0.15, -0.1) is 0 Å². The molecule has 0 radical (unpaired) electrons. The summed E-state index contributed by atoms with van der Waals surface area (Å²) in [6.07, 6.45) is 10.2. The summed E-state index contributed by atoms with van der Waals surface area (Å²) in [5.41, 5.74) is 0. The molecule has 0 bridgehead atoms. The number of aliphatic carboxylic acids is 2. The van der Waals surface area contributed by atoms with E-state index in [1.807, 2.05) is 13.8 Å². The third kappa shape index (κ3) is 46.8. The first kappa shape index (κ1) is 61.5. The average molecular weight is 937 g/mol. The van der Waals surface area contributed by atoms with Gasteiger partial charge in [-0.1, -0.05) is 46.0 Å². The second-order valence-corrected chi connectivity index (χ2v) is 15.4. The minimum atomic E-state index is -0.896. The van der Waals surface area contributed by atoms with Crippen LogP contribution in [-0.4, -0.2) is 177 Å². The van der Waals surface area contributed by atoms with Crippen LogP contribution in [0.2, 0.25) is 0 Å². The smallest absolute Gasteiger partial charge is 0.305 e. The van der Waals surface area contributed by atoms with Gasteiger partial charge in [0.05, 0.1) is 118 Å². The lowest BCUT2D eigenvalue weighted by atomic mass is 10.0. The first-order valence-corrected chi connectivity index (χ1v) is 23.7. The van der Waals surface area contributed by atoms with E-state index in [9.17, 15) is 28.8 Å². The molecule has 20 heteroatoms. The van der Waals surface area contributed by atoms with Gasteiger partial charge in [0, 0.05) is 57.8 Å². The lowest BCUT2D eigenvalue weighted by Crippen LogP contribution is -2.30. The molecule has 20 nitrogen and oxygen atoms in total. The molecule has 0 saturated heterocycles. The highest BCUT2D eigenvalue weighted by molar-refractivity contribution is 5.77. The van der Waals surface area contributed by atoms with Crippen LogP contribution in [0.1, 0.15) is 117 Å². The molecule has 1 unspecified atom stereocenters. The SMILES string of the molecule is CCC(OCCC(=O)NCCCCCCC(=O)NCCOCCOCCOCCC(=O)O)[C@H](C)COCCC(=O)NCCCCCCCC(=O)NCCOCCOCCOCCC(=O)O. The number of ether oxygens (including phenoxy) is 8. The lowest BCUT2D eigenvalue weighted by molar-refractivity contribution is -0.139. The van der Waals surface area contributed by atoms with Gasteiger partial charge in [-0.2, -0.15) is 0 Å². The largest absolute Gasteiger partial charge is 0.481 e. The van der Waals surface area contributed by atoms with E-state index in [0.29, 0.717) is 125 Å². The topological polar surface area (TPSA) is 265 Å². The molecule has 0 aliphatic rings. The van der Waals surface area contributed by atoms with Crippen molar-refractivity contribution in [3.8, 4) is 0 Å². The van der Waals surface area contributed by atoms with Crippen LogP contribution in [0.4, 0.5) is 0 Å². The molecule has 4 amide bonds. The van der Waals surface area contributed by atoms with Gasteiger partial charge in [-0.25, -0.2) is 0 Å². The molecule has 0 spiro atoms. The summed E-state index contributed by atoms with van der Waals surface area (Å²) in [5.74, 6) is -1.79. The third-order valence-electron chi connectivity index (χ3n) is 9.65. The zero-order valence-corrected chi connectivity index (χ0v) is 39.5. The average Bonchev–Trinajstić information content (AvgIpc) is 3.27. The highest BCUT2D eigenvalue weighted by Gasteiger charge is 2.17. The molecule has 0 rings (SSSR count). The van der Waals surface area contributed by atoms with Crippen LogP contribution in [0.15, 0.2) is 0 Å². The fraction of sp³-hybridized carbons (Fsp3) is 0.867.